The van der Waals surface area contributed by atoms with Crippen LogP contribution in [0.15, 0.2) is 328 Å². The van der Waals surface area contributed by atoms with Crippen molar-refractivity contribution >= 4 is 111 Å². The summed E-state index contributed by atoms with van der Waals surface area (Å²) in [5.41, 5.74) is 17.6. The van der Waals surface area contributed by atoms with Gasteiger partial charge in [0.05, 0.1) is 11.4 Å². The van der Waals surface area contributed by atoms with E-state index in [0.717, 1.165) is 78.9 Å². The molecule has 15 rings (SSSR count). The molecule has 0 spiro atoms. The lowest BCUT2D eigenvalue weighted by atomic mass is 9.93. The Morgan fingerprint density at radius 1 is 0.310 bits per heavy atom. The highest BCUT2D eigenvalue weighted by Crippen LogP contribution is 2.45. The van der Waals surface area contributed by atoms with E-state index >= 15 is 0 Å². The third-order valence-electron chi connectivity index (χ3n) is 16.8. The van der Waals surface area contributed by atoms with Crippen molar-refractivity contribution in [3.63, 3.8) is 0 Å². The van der Waals surface area contributed by atoms with Gasteiger partial charge in [0.1, 0.15) is 0 Å². The van der Waals surface area contributed by atoms with Gasteiger partial charge >= 0.3 is 0 Å². The Bertz CT molecular complexity index is 4820. The van der Waals surface area contributed by atoms with E-state index < -0.39 is 0 Å². The minimum Gasteiger partial charge on any atom is -0.337 e. The van der Waals surface area contributed by atoms with Gasteiger partial charge in [-0.2, -0.15) is 0 Å². The topological polar surface area (TPSA) is 9.72 Å². The Labute approximate surface area is 490 Å². The fourth-order valence-electron chi connectivity index (χ4n) is 12.7. The Hall–Kier alpha value is -11.0. The molecule has 0 radical (unpaired) electrons. The van der Waals surface area contributed by atoms with Crippen LogP contribution in [0, 0.1) is 0 Å². The summed E-state index contributed by atoms with van der Waals surface area (Å²) in [7, 11) is 0. The SMILES string of the molecule is C=C1/C=C(c2ccc(N(c3ccc(-c4ccccc4)cc3)c3cccc4ccccc34)cc2)\C=C/CN(c2ccc3c4ccccc4c4ccccc4c3c2)c2ccc(-c3ccc(N(c4ccccc4)c4cccc5ccccc45)cc3)cc21. The summed E-state index contributed by atoms with van der Waals surface area (Å²) in [4.78, 5) is 7.20. The van der Waals surface area contributed by atoms with E-state index in [4.69, 9.17) is 6.58 Å². The zero-order valence-corrected chi connectivity index (χ0v) is 46.4. The molecule has 14 aromatic carbocycles. The Morgan fingerprint density at radius 2 is 0.726 bits per heavy atom. The molecule has 1 aliphatic rings. The summed E-state index contributed by atoms with van der Waals surface area (Å²) in [6.45, 7) is 5.56. The molecule has 0 saturated carbocycles. The van der Waals surface area contributed by atoms with E-state index in [1.165, 1.54) is 65.0 Å². The van der Waals surface area contributed by atoms with Crippen molar-refractivity contribution in [1.29, 1.82) is 0 Å². The smallest absolute Gasteiger partial charge is 0.0540 e. The molecule has 3 heteroatoms. The summed E-state index contributed by atoms with van der Waals surface area (Å²) in [5.74, 6) is 0. The molecule has 3 nitrogen and oxygen atoms in total. The number of allylic oxidation sites excluding steroid dienone is 4. The number of fused-ring (bicyclic) bond motifs is 9. The second-order valence-corrected chi connectivity index (χ2v) is 21.7. The molecule has 0 amide bonds. The molecule has 0 N–H and O–H groups in total. The molecule has 0 bridgehead atoms. The largest absolute Gasteiger partial charge is 0.337 e. The van der Waals surface area contributed by atoms with Crippen LogP contribution in [0.2, 0.25) is 0 Å². The third-order valence-corrected chi connectivity index (χ3v) is 16.8. The maximum atomic E-state index is 4.92. The normalized spacial score (nSPS) is 13.5. The molecule has 0 aromatic heterocycles. The predicted molar refractivity (Wildman–Crippen MR) is 360 cm³/mol. The number of rotatable bonds is 10. The van der Waals surface area contributed by atoms with Gasteiger partial charge in [-0.15, -0.1) is 0 Å². The number of para-hydroxylation sites is 1. The van der Waals surface area contributed by atoms with Crippen molar-refractivity contribution in [1.82, 2.24) is 0 Å². The quantitative estimate of drug-likeness (QED) is 0.126. The van der Waals surface area contributed by atoms with Crippen LogP contribution in [0.25, 0.3) is 87.3 Å². The lowest BCUT2D eigenvalue weighted by Gasteiger charge is -2.28. The summed E-state index contributed by atoms with van der Waals surface area (Å²) in [6.07, 6.45) is 6.86. The fraction of sp³-hybridized carbons (Fsp3) is 0.0123. The number of hydrogen-bond acceptors (Lipinski definition) is 3. The molecule has 1 aliphatic heterocycles. The molecule has 0 fully saturated rings. The molecule has 0 aliphatic carbocycles. The van der Waals surface area contributed by atoms with Gasteiger partial charge in [0.2, 0.25) is 0 Å². The van der Waals surface area contributed by atoms with Crippen LogP contribution in [0.1, 0.15) is 11.1 Å². The summed E-state index contributed by atoms with van der Waals surface area (Å²) >= 11 is 0. The first-order valence-corrected chi connectivity index (χ1v) is 28.9. The van der Waals surface area contributed by atoms with Crippen LogP contribution >= 0.6 is 0 Å². The van der Waals surface area contributed by atoms with E-state index in [-0.39, 0.29) is 0 Å². The summed E-state index contributed by atoms with van der Waals surface area (Å²) in [5, 5.41) is 12.3. The van der Waals surface area contributed by atoms with Crippen molar-refractivity contribution < 1.29 is 0 Å². The first kappa shape index (κ1) is 50.0. The van der Waals surface area contributed by atoms with E-state index in [1.54, 1.807) is 0 Å². The van der Waals surface area contributed by atoms with Crippen LogP contribution in [0.3, 0.4) is 0 Å². The van der Waals surface area contributed by atoms with Crippen molar-refractivity contribution in [2.24, 2.45) is 0 Å². The maximum absolute atomic E-state index is 4.92. The van der Waals surface area contributed by atoms with Gasteiger partial charge in [-0.05, 0) is 173 Å². The van der Waals surface area contributed by atoms with Gasteiger partial charge in [-0.1, -0.05) is 237 Å². The van der Waals surface area contributed by atoms with E-state index in [9.17, 15) is 0 Å². The lowest BCUT2D eigenvalue weighted by molar-refractivity contribution is 1.10. The monoisotopic (exact) mass is 1070 g/mol. The molecule has 14 aromatic rings. The molecule has 0 atom stereocenters. The highest BCUT2D eigenvalue weighted by Gasteiger charge is 2.22. The minimum absolute atomic E-state index is 0.637. The molecular formula is C81H57N3. The molecule has 396 valence electrons. The van der Waals surface area contributed by atoms with Crippen LogP contribution in [0.4, 0.5) is 45.5 Å². The predicted octanol–water partition coefficient (Wildman–Crippen LogP) is 22.5. The minimum atomic E-state index is 0.637. The first-order chi connectivity index (χ1) is 41.6. The van der Waals surface area contributed by atoms with Gasteiger partial charge < -0.3 is 14.7 Å². The zero-order valence-electron chi connectivity index (χ0n) is 46.4. The van der Waals surface area contributed by atoms with Crippen LogP contribution < -0.4 is 14.7 Å². The van der Waals surface area contributed by atoms with Crippen molar-refractivity contribution in [3.8, 4) is 22.3 Å². The summed E-state index contributed by atoms with van der Waals surface area (Å²) < 4.78 is 0. The fourth-order valence-corrected chi connectivity index (χ4v) is 12.7. The maximum Gasteiger partial charge on any atom is 0.0540 e. The van der Waals surface area contributed by atoms with Gasteiger partial charge in [0, 0.05) is 57.0 Å². The molecule has 0 unspecified atom stereocenters. The van der Waals surface area contributed by atoms with E-state index in [2.05, 4.69) is 336 Å². The van der Waals surface area contributed by atoms with Crippen molar-refractivity contribution in [3.05, 3.63) is 339 Å². The number of benzene rings is 14. The number of nitrogens with zero attached hydrogens (tertiary/aromatic N) is 3. The summed E-state index contributed by atoms with van der Waals surface area (Å²) in [6, 6.07) is 110. The van der Waals surface area contributed by atoms with Gasteiger partial charge in [0.25, 0.3) is 0 Å². The number of hydrogen-bond donors (Lipinski definition) is 0. The van der Waals surface area contributed by atoms with Crippen LogP contribution in [-0.2, 0) is 0 Å². The molecular weight excluding hydrogens is 1010 g/mol. The first-order valence-electron chi connectivity index (χ1n) is 28.9. The average Bonchev–Trinajstić information content (AvgIpc) is 1.53. The number of anilines is 8. The van der Waals surface area contributed by atoms with Gasteiger partial charge in [0.15, 0.2) is 0 Å². The third kappa shape index (κ3) is 9.15. The molecule has 1 heterocycles. The lowest BCUT2D eigenvalue weighted by Crippen LogP contribution is -2.18. The zero-order chi connectivity index (χ0) is 55.9. The average molecular weight is 1070 g/mol. The molecule has 0 saturated heterocycles. The van der Waals surface area contributed by atoms with Crippen LogP contribution in [0.5, 0.6) is 0 Å². The second-order valence-electron chi connectivity index (χ2n) is 21.7. The highest BCUT2D eigenvalue weighted by molar-refractivity contribution is 6.26. The Balaban J connectivity index is 0.836. The van der Waals surface area contributed by atoms with Crippen molar-refractivity contribution in [2.75, 3.05) is 21.2 Å². The Morgan fingerprint density at radius 3 is 1.29 bits per heavy atom. The Kier molecular flexibility index (Phi) is 12.8. The van der Waals surface area contributed by atoms with E-state index in [1.807, 2.05) is 0 Å². The standard InChI is InChI=1S/C81H57N3/c1-56-53-63(59-38-45-68(46-39-59)84(81-35-17-24-62-22-9-11-29-71(62)81)67-43-36-58(37-44-67)57-19-4-2-5-20-57)25-18-52-82(69-49-50-76-74-32-13-12-30-72(74)73-31-14-15-33-75(73)78(76)55-69)79-51-42-64(54-77(56)79)60-40-47-66(48-41-60)83(65-26-6-3-7-27-65)80-34-16-23-61-21-8-10-28-70(61)80/h2-51,53-55H,1,52H2/b25-18-,63-53+. The van der Waals surface area contributed by atoms with Gasteiger partial charge in [-0.25, -0.2) is 0 Å². The van der Waals surface area contributed by atoms with Gasteiger partial charge in [-0.3, -0.25) is 0 Å². The molecule has 84 heavy (non-hydrogen) atoms. The van der Waals surface area contributed by atoms with Crippen LogP contribution in [-0.4, -0.2) is 6.54 Å². The second kappa shape index (κ2) is 21.5. The van der Waals surface area contributed by atoms with E-state index in [0.29, 0.717) is 6.54 Å². The highest BCUT2D eigenvalue weighted by atomic mass is 15.2. The van der Waals surface area contributed by atoms with Crippen molar-refractivity contribution in [2.45, 2.75) is 0 Å².